The molecule has 1 aromatic carbocycles. The van der Waals surface area contributed by atoms with Crippen molar-refractivity contribution in [2.24, 2.45) is 5.92 Å². The lowest BCUT2D eigenvalue weighted by atomic mass is 9.95. The van der Waals surface area contributed by atoms with E-state index in [1.54, 1.807) is 0 Å². The third-order valence-electron chi connectivity index (χ3n) is 5.90. The molecule has 0 saturated carbocycles. The van der Waals surface area contributed by atoms with Gasteiger partial charge in [0, 0.05) is 68.1 Å². The highest BCUT2D eigenvalue weighted by Crippen LogP contribution is 2.27. The van der Waals surface area contributed by atoms with E-state index in [9.17, 15) is 4.79 Å². The predicted molar refractivity (Wildman–Crippen MR) is 114 cm³/mol. The van der Waals surface area contributed by atoms with Gasteiger partial charge in [-0.2, -0.15) is 0 Å². The number of piperidine rings is 1. The maximum atomic E-state index is 13.1. The first-order valence-electron chi connectivity index (χ1n) is 10.1. The average Bonchev–Trinajstić information content (AvgIpc) is 2.76. The van der Waals surface area contributed by atoms with Gasteiger partial charge in [-0.1, -0.05) is 17.7 Å². The Morgan fingerprint density at radius 1 is 1.04 bits per heavy atom. The third kappa shape index (κ3) is 4.09. The SMILES string of the molecule is Cc1ccc(Cl)cc1N1CCN(C(=O)[C@@H]2CCCN(c3ccncc3)C2)CC1. The van der Waals surface area contributed by atoms with Crippen LogP contribution in [0.5, 0.6) is 0 Å². The Labute approximate surface area is 171 Å². The zero-order chi connectivity index (χ0) is 19.5. The quantitative estimate of drug-likeness (QED) is 0.791. The molecule has 0 radical (unpaired) electrons. The van der Waals surface area contributed by atoms with Gasteiger partial charge in [-0.15, -0.1) is 0 Å². The maximum Gasteiger partial charge on any atom is 0.227 e. The van der Waals surface area contributed by atoms with E-state index < -0.39 is 0 Å². The summed E-state index contributed by atoms with van der Waals surface area (Å²) in [6, 6.07) is 10.1. The van der Waals surface area contributed by atoms with E-state index >= 15 is 0 Å². The molecule has 6 heteroatoms. The smallest absolute Gasteiger partial charge is 0.227 e. The lowest BCUT2D eigenvalue weighted by Gasteiger charge is -2.40. The van der Waals surface area contributed by atoms with E-state index in [1.807, 2.05) is 36.7 Å². The van der Waals surface area contributed by atoms with Crippen LogP contribution in [-0.2, 0) is 4.79 Å². The molecule has 2 aliphatic heterocycles. The van der Waals surface area contributed by atoms with E-state index in [0.29, 0.717) is 5.91 Å². The minimum Gasteiger partial charge on any atom is -0.371 e. The normalized spacial score (nSPS) is 20.4. The zero-order valence-corrected chi connectivity index (χ0v) is 17.1. The third-order valence-corrected chi connectivity index (χ3v) is 6.14. The van der Waals surface area contributed by atoms with E-state index in [2.05, 4.69) is 32.7 Å². The number of carbonyl (C=O) groups is 1. The number of anilines is 2. The number of carbonyl (C=O) groups excluding carboxylic acids is 1. The number of halogens is 1. The molecule has 0 aliphatic carbocycles. The van der Waals surface area contributed by atoms with Gasteiger partial charge in [0.2, 0.25) is 5.91 Å². The molecule has 0 bridgehead atoms. The maximum absolute atomic E-state index is 13.1. The molecule has 5 nitrogen and oxygen atoms in total. The van der Waals surface area contributed by atoms with Crippen LogP contribution in [0.2, 0.25) is 5.02 Å². The lowest BCUT2D eigenvalue weighted by Crippen LogP contribution is -2.52. The summed E-state index contributed by atoms with van der Waals surface area (Å²) in [6.45, 7) is 7.18. The monoisotopic (exact) mass is 398 g/mol. The van der Waals surface area contributed by atoms with E-state index in [0.717, 1.165) is 62.8 Å². The van der Waals surface area contributed by atoms with Crippen LogP contribution in [-0.4, -0.2) is 55.1 Å². The minimum absolute atomic E-state index is 0.0846. The predicted octanol–water partition coefficient (Wildman–Crippen LogP) is 3.61. The average molecular weight is 399 g/mol. The Balaban J connectivity index is 1.36. The molecule has 2 saturated heterocycles. The van der Waals surface area contributed by atoms with Crippen LogP contribution in [0.4, 0.5) is 11.4 Å². The van der Waals surface area contributed by atoms with E-state index in [4.69, 9.17) is 11.6 Å². The number of aryl methyl sites for hydroxylation is 1. The summed E-state index contributed by atoms with van der Waals surface area (Å²) in [4.78, 5) is 24.0. The fourth-order valence-electron chi connectivity index (χ4n) is 4.32. The van der Waals surface area contributed by atoms with Gasteiger partial charge in [0.15, 0.2) is 0 Å². The van der Waals surface area contributed by atoms with Crippen molar-refractivity contribution in [3.63, 3.8) is 0 Å². The first-order valence-corrected chi connectivity index (χ1v) is 10.4. The molecule has 28 heavy (non-hydrogen) atoms. The van der Waals surface area contributed by atoms with Gasteiger partial charge in [0.25, 0.3) is 0 Å². The van der Waals surface area contributed by atoms with Gasteiger partial charge in [-0.3, -0.25) is 9.78 Å². The molecule has 0 spiro atoms. The Hall–Kier alpha value is -2.27. The van der Waals surface area contributed by atoms with Crippen molar-refractivity contribution in [1.82, 2.24) is 9.88 Å². The van der Waals surface area contributed by atoms with Crippen molar-refractivity contribution in [3.8, 4) is 0 Å². The summed E-state index contributed by atoms with van der Waals surface area (Å²) < 4.78 is 0. The second-order valence-electron chi connectivity index (χ2n) is 7.73. The van der Waals surface area contributed by atoms with Crippen molar-refractivity contribution in [2.45, 2.75) is 19.8 Å². The summed E-state index contributed by atoms with van der Waals surface area (Å²) in [6.07, 6.45) is 5.67. The number of hydrogen-bond acceptors (Lipinski definition) is 4. The summed E-state index contributed by atoms with van der Waals surface area (Å²) >= 11 is 6.18. The molecule has 148 valence electrons. The summed E-state index contributed by atoms with van der Waals surface area (Å²) in [7, 11) is 0. The zero-order valence-electron chi connectivity index (χ0n) is 16.4. The summed E-state index contributed by atoms with van der Waals surface area (Å²) in [5.74, 6) is 0.391. The molecule has 1 atom stereocenters. The van der Waals surface area contributed by atoms with Crippen LogP contribution in [0.1, 0.15) is 18.4 Å². The fourth-order valence-corrected chi connectivity index (χ4v) is 4.48. The van der Waals surface area contributed by atoms with Gasteiger partial charge in [0.1, 0.15) is 0 Å². The first-order chi connectivity index (χ1) is 13.6. The highest BCUT2D eigenvalue weighted by Gasteiger charge is 2.31. The molecule has 2 aromatic rings. The lowest BCUT2D eigenvalue weighted by molar-refractivity contribution is -0.136. The van der Waals surface area contributed by atoms with E-state index in [1.165, 1.54) is 11.3 Å². The Morgan fingerprint density at radius 2 is 1.79 bits per heavy atom. The van der Waals surface area contributed by atoms with Crippen LogP contribution in [0.15, 0.2) is 42.7 Å². The van der Waals surface area contributed by atoms with Gasteiger partial charge in [-0.25, -0.2) is 0 Å². The van der Waals surface area contributed by atoms with Crippen molar-refractivity contribution in [1.29, 1.82) is 0 Å². The highest BCUT2D eigenvalue weighted by molar-refractivity contribution is 6.30. The van der Waals surface area contributed by atoms with Crippen LogP contribution < -0.4 is 9.80 Å². The van der Waals surface area contributed by atoms with Crippen molar-refractivity contribution >= 4 is 28.9 Å². The summed E-state index contributed by atoms with van der Waals surface area (Å²) in [5, 5.41) is 0.762. The number of nitrogens with zero attached hydrogens (tertiary/aromatic N) is 4. The number of benzene rings is 1. The second kappa shape index (κ2) is 8.39. The van der Waals surface area contributed by atoms with Crippen LogP contribution in [0, 0.1) is 12.8 Å². The van der Waals surface area contributed by atoms with Gasteiger partial charge in [0.05, 0.1) is 5.92 Å². The van der Waals surface area contributed by atoms with Gasteiger partial charge in [-0.05, 0) is 49.6 Å². The Bertz CT molecular complexity index is 821. The standard InChI is InChI=1S/C22H27ClN4O/c1-17-4-5-19(23)15-21(17)25-11-13-26(14-12-25)22(28)18-3-2-10-27(16-18)20-6-8-24-9-7-20/h4-9,15,18H,2-3,10-14,16H2,1H3/t18-/m1/s1. The number of hydrogen-bond donors (Lipinski definition) is 0. The highest BCUT2D eigenvalue weighted by atomic mass is 35.5. The number of amides is 1. The molecule has 2 fully saturated rings. The Kier molecular flexibility index (Phi) is 5.72. The molecule has 0 N–H and O–H groups in total. The largest absolute Gasteiger partial charge is 0.371 e. The molecular weight excluding hydrogens is 372 g/mol. The van der Waals surface area contributed by atoms with Crippen molar-refractivity contribution in [3.05, 3.63) is 53.3 Å². The molecule has 1 amide bonds. The fraction of sp³-hybridized carbons (Fsp3) is 0.455. The van der Waals surface area contributed by atoms with Gasteiger partial charge < -0.3 is 14.7 Å². The second-order valence-corrected chi connectivity index (χ2v) is 8.17. The van der Waals surface area contributed by atoms with Crippen LogP contribution in [0.25, 0.3) is 0 Å². The molecule has 3 heterocycles. The van der Waals surface area contributed by atoms with Crippen LogP contribution in [0.3, 0.4) is 0 Å². The van der Waals surface area contributed by atoms with Crippen LogP contribution >= 0.6 is 11.6 Å². The van der Waals surface area contributed by atoms with Gasteiger partial charge >= 0.3 is 0 Å². The molecule has 1 aromatic heterocycles. The summed E-state index contributed by atoms with van der Waals surface area (Å²) in [5.41, 5.74) is 3.57. The number of pyridine rings is 1. The molecule has 4 rings (SSSR count). The first kappa shape index (κ1) is 19.1. The van der Waals surface area contributed by atoms with Crippen molar-refractivity contribution < 1.29 is 4.79 Å². The molecule has 2 aliphatic rings. The Morgan fingerprint density at radius 3 is 2.54 bits per heavy atom. The topological polar surface area (TPSA) is 39.7 Å². The number of piperazine rings is 1. The minimum atomic E-state index is 0.0846. The molecule has 0 unspecified atom stereocenters. The number of rotatable bonds is 3. The molecular formula is C22H27ClN4O. The number of aromatic nitrogens is 1. The van der Waals surface area contributed by atoms with E-state index in [-0.39, 0.29) is 5.92 Å². The van der Waals surface area contributed by atoms with Crippen molar-refractivity contribution in [2.75, 3.05) is 49.1 Å².